The lowest BCUT2D eigenvalue weighted by Gasteiger charge is -2.27. The van der Waals surface area contributed by atoms with Crippen LogP contribution in [0, 0.1) is 0 Å². The van der Waals surface area contributed by atoms with E-state index in [1.54, 1.807) is 13.8 Å². The van der Waals surface area contributed by atoms with Crippen LogP contribution in [0.1, 0.15) is 20.1 Å². The number of hydrogen-bond donors (Lipinski definition) is 1. The quantitative estimate of drug-likeness (QED) is 0.500. The lowest BCUT2D eigenvalue weighted by atomic mass is 10.1. The molecule has 2 N–H and O–H groups in total. The molecule has 132 valence electrons. The predicted molar refractivity (Wildman–Crippen MR) is 81.5 cm³/mol. The maximum absolute atomic E-state index is 15.3. The van der Waals surface area contributed by atoms with Crippen molar-refractivity contribution in [3.05, 3.63) is 23.1 Å². The van der Waals surface area contributed by atoms with E-state index in [4.69, 9.17) is 25.5 Å². The summed E-state index contributed by atoms with van der Waals surface area (Å²) in [4.78, 5) is 14.8. The van der Waals surface area contributed by atoms with Crippen LogP contribution in [0.25, 0.3) is 21.6 Å². The van der Waals surface area contributed by atoms with Gasteiger partial charge in [-0.05, 0) is 19.4 Å². The van der Waals surface area contributed by atoms with Gasteiger partial charge in [0.2, 0.25) is 5.85 Å². The molecule has 0 amide bonds. The molecule has 2 aliphatic heterocycles. The van der Waals surface area contributed by atoms with Gasteiger partial charge in [0.1, 0.15) is 17.9 Å². The first-order valence-electron chi connectivity index (χ1n) is 7.51. The largest absolute Gasteiger partial charge is 0.382 e. The van der Waals surface area contributed by atoms with Crippen LogP contribution in [0.4, 0.5) is 10.2 Å². The van der Waals surface area contributed by atoms with E-state index in [1.807, 2.05) is 0 Å². The average Bonchev–Trinajstić information content (AvgIpc) is 3.19. The minimum atomic E-state index is -2.34. The smallest absolute Gasteiger partial charge is 0.246 e. The Hall–Kier alpha value is -2.53. The van der Waals surface area contributed by atoms with Gasteiger partial charge in [0.05, 0.1) is 12.9 Å². The minimum absolute atomic E-state index is 0.197. The summed E-state index contributed by atoms with van der Waals surface area (Å²) in [6.45, 7) is 2.79. The summed E-state index contributed by atoms with van der Waals surface area (Å²) in [5.74, 6) is -3.16. The monoisotopic (exact) mass is 350 g/mol. The molecule has 0 aliphatic carbocycles. The standard InChI is InChI=1S/C13H15FN8O3/c1-12(2)23-7-8(24-12)13(14,3-20-21-16)25-11(7)22-5-19-6-9(15)17-4-18-10(6)22/h4-5,7-8,11H,3H2,1-2H3,(H2,15,17,18)/t7-,8+,11-,13-/m1/s1. The van der Waals surface area contributed by atoms with Gasteiger partial charge in [0.15, 0.2) is 29.6 Å². The molecule has 2 saturated heterocycles. The highest BCUT2D eigenvalue weighted by Crippen LogP contribution is 2.49. The van der Waals surface area contributed by atoms with Gasteiger partial charge in [-0.1, -0.05) is 5.11 Å². The molecule has 0 spiro atoms. The summed E-state index contributed by atoms with van der Waals surface area (Å²) >= 11 is 0. The van der Waals surface area contributed by atoms with Gasteiger partial charge in [0.25, 0.3) is 0 Å². The Labute approximate surface area is 140 Å². The second-order valence-corrected chi connectivity index (χ2v) is 6.29. The van der Waals surface area contributed by atoms with Crippen LogP contribution in [0.3, 0.4) is 0 Å². The van der Waals surface area contributed by atoms with Crippen LogP contribution in [-0.2, 0) is 14.2 Å². The number of anilines is 1. The first-order chi connectivity index (χ1) is 11.8. The number of alkyl halides is 1. The van der Waals surface area contributed by atoms with E-state index in [9.17, 15) is 0 Å². The molecule has 2 fully saturated rings. The Morgan fingerprint density at radius 2 is 2.16 bits per heavy atom. The van der Waals surface area contributed by atoms with Crippen LogP contribution in [0.15, 0.2) is 17.8 Å². The van der Waals surface area contributed by atoms with Crippen molar-refractivity contribution in [1.29, 1.82) is 0 Å². The molecule has 4 atom stereocenters. The zero-order valence-corrected chi connectivity index (χ0v) is 13.4. The molecule has 2 aromatic rings. The Balaban J connectivity index is 1.78. The van der Waals surface area contributed by atoms with Gasteiger partial charge in [-0.2, -0.15) is 0 Å². The molecule has 11 nitrogen and oxygen atoms in total. The summed E-state index contributed by atoms with van der Waals surface area (Å²) < 4.78 is 33.9. The van der Waals surface area contributed by atoms with E-state index in [0.29, 0.717) is 11.2 Å². The maximum Gasteiger partial charge on any atom is 0.246 e. The molecule has 2 aliphatic rings. The molecule has 2 aromatic heterocycles. The van der Waals surface area contributed by atoms with Gasteiger partial charge in [-0.3, -0.25) is 4.57 Å². The van der Waals surface area contributed by atoms with Crippen LogP contribution in [-0.4, -0.2) is 49.9 Å². The molecule has 0 bridgehead atoms. The molecule has 12 heteroatoms. The number of azide groups is 1. The number of fused-ring (bicyclic) bond motifs is 2. The van der Waals surface area contributed by atoms with Gasteiger partial charge in [-0.15, -0.1) is 0 Å². The second kappa shape index (κ2) is 5.23. The van der Waals surface area contributed by atoms with E-state index in [1.165, 1.54) is 17.2 Å². The van der Waals surface area contributed by atoms with Crippen LogP contribution < -0.4 is 5.73 Å². The van der Waals surface area contributed by atoms with E-state index in [0.717, 1.165) is 0 Å². The summed E-state index contributed by atoms with van der Waals surface area (Å²) in [5, 5.41) is 3.30. The fraction of sp³-hybridized carbons (Fsp3) is 0.615. The first-order valence-corrected chi connectivity index (χ1v) is 7.51. The number of ether oxygens (including phenoxy) is 3. The van der Waals surface area contributed by atoms with Crippen molar-refractivity contribution in [2.24, 2.45) is 5.11 Å². The van der Waals surface area contributed by atoms with Gasteiger partial charge < -0.3 is 19.9 Å². The lowest BCUT2D eigenvalue weighted by molar-refractivity contribution is -0.251. The molecule has 0 aromatic carbocycles. The fourth-order valence-corrected chi connectivity index (χ4v) is 3.19. The third-order valence-electron chi connectivity index (χ3n) is 4.16. The second-order valence-electron chi connectivity index (χ2n) is 6.29. The third kappa shape index (κ3) is 2.38. The van der Waals surface area contributed by atoms with E-state index in [2.05, 4.69) is 25.0 Å². The molecular formula is C13H15FN8O3. The highest BCUT2D eigenvalue weighted by molar-refractivity contribution is 5.81. The van der Waals surface area contributed by atoms with E-state index >= 15 is 4.39 Å². The zero-order valence-electron chi connectivity index (χ0n) is 13.4. The van der Waals surface area contributed by atoms with E-state index < -0.39 is 36.6 Å². The Morgan fingerprint density at radius 3 is 2.92 bits per heavy atom. The van der Waals surface area contributed by atoms with Crippen molar-refractivity contribution in [3.8, 4) is 0 Å². The normalized spacial score (nSPS) is 33.3. The Bertz CT molecular complexity index is 881. The number of halogens is 1. The van der Waals surface area contributed by atoms with Gasteiger partial charge >= 0.3 is 0 Å². The number of rotatable bonds is 3. The number of hydrogen-bond acceptors (Lipinski definition) is 8. The van der Waals surface area contributed by atoms with Crippen molar-refractivity contribution < 1.29 is 18.6 Å². The Kier molecular flexibility index (Phi) is 3.34. The van der Waals surface area contributed by atoms with Crippen molar-refractivity contribution in [2.75, 3.05) is 12.3 Å². The van der Waals surface area contributed by atoms with Crippen molar-refractivity contribution >= 4 is 17.0 Å². The number of nitrogens with two attached hydrogens (primary N) is 1. The third-order valence-corrected chi connectivity index (χ3v) is 4.16. The average molecular weight is 350 g/mol. The highest BCUT2D eigenvalue weighted by atomic mass is 19.2. The van der Waals surface area contributed by atoms with Crippen molar-refractivity contribution in [2.45, 2.75) is 43.9 Å². The number of imidazole rings is 1. The lowest BCUT2D eigenvalue weighted by Crippen LogP contribution is -2.41. The van der Waals surface area contributed by atoms with Crippen molar-refractivity contribution in [1.82, 2.24) is 19.5 Å². The first kappa shape index (κ1) is 16.0. The highest BCUT2D eigenvalue weighted by Gasteiger charge is 2.64. The number of nitrogens with zero attached hydrogens (tertiary/aromatic N) is 7. The SMILES string of the molecule is CC1(C)O[C@H]2[C@H](n3cnc4c(N)ncnc43)O[C@](F)(CN=[N+]=[N-])[C@H]2O1. The number of aromatic nitrogens is 4. The molecular weight excluding hydrogens is 335 g/mol. The van der Waals surface area contributed by atoms with Crippen molar-refractivity contribution in [3.63, 3.8) is 0 Å². The summed E-state index contributed by atoms with van der Waals surface area (Å²) in [5.41, 5.74) is 15.0. The predicted octanol–water partition coefficient (Wildman–Crippen LogP) is 1.43. The summed E-state index contributed by atoms with van der Waals surface area (Å²) in [6.07, 6.45) is -0.0890. The van der Waals surface area contributed by atoms with Crippen LogP contribution in [0.2, 0.25) is 0 Å². The molecule has 4 rings (SSSR count). The van der Waals surface area contributed by atoms with E-state index in [-0.39, 0.29) is 5.82 Å². The maximum atomic E-state index is 15.3. The molecule has 0 radical (unpaired) electrons. The van der Waals surface area contributed by atoms with Crippen LogP contribution >= 0.6 is 0 Å². The van der Waals surface area contributed by atoms with Crippen LogP contribution in [0.5, 0.6) is 0 Å². The molecule has 25 heavy (non-hydrogen) atoms. The van der Waals surface area contributed by atoms with Gasteiger partial charge in [-0.25, -0.2) is 19.3 Å². The Morgan fingerprint density at radius 1 is 1.36 bits per heavy atom. The fourth-order valence-electron chi connectivity index (χ4n) is 3.19. The number of nitrogen functional groups attached to an aromatic ring is 1. The summed E-state index contributed by atoms with van der Waals surface area (Å²) in [7, 11) is 0. The molecule has 0 unspecified atom stereocenters. The minimum Gasteiger partial charge on any atom is -0.382 e. The summed E-state index contributed by atoms with van der Waals surface area (Å²) in [6, 6.07) is 0. The zero-order chi connectivity index (χ0) is 17.8. The topological polar surface area (TPSA) is 146 Å². The molecule has 4 heterocycles. The van der Waals surface area contributed by atoms with Gasteiger partial charge in [0, 0.05) is 4.91 Å². The molecule has 0 saturated carbocycles.